The fourth-order valence-electron chi connectivity index (χ4n) is 2.76. The number of nitrogens with zero attached hydrogens (tertiary/aromatic N) is 3. The maximum absolute atomic E-state index is 13.0. The minimum atomic E-state index is -0.320. The van der Waals surface area contributed by atoms with Crippen LogP contribution in [0.15, 0.2) is 71.5 Å². The first kappa shape index (κ1) is 18.1. The zero-order chi connectivity index (χ0) is 19.5. The van der Waals surface area contributed by atoms with Crippen molar-refractivity contribution in [3.8, 4) is 11.3 Å². The summed E-state index contributed by atoms with van der Waals surface area (Å²) in [5, 5.41) is 13.9. The minimum Gasteiger partial charge on any atom is -0.321 e. The Hall–Kier alpha value is -3.26. The lowest BCUT2D eigenvalue weighted by Crippen LogP contribution is -2.12. The number of carbonyl (C=O) groups is 1. The van der Waals surface area contributed by atoms with Gasteiger partial charge in [-0.2, -0.15) is 10.2 Å². The van der Waals surface area contributed by atoms with Crippen LogP contribution in [-0.4, -0.2) is 25.9 Å². The molecular weight excluding hydrogens is 425 g/mol. The Balaban J connectivity index is 1.46. The van der Waals surface area contributed by atoms with Crippen molar-refractivity contribution in [2.75, 3.05) is 5.32 Å². The molecule has 8 heteroatoms. The Kier molecular flexibility index (Phi) is 5.03. The van der Waals surface area contributed by atoms with Crippen molar-refractivity contribution in [2.24, 2.45) is 0 Å². The molecule has 0 aliphatic rings. The van der Waals surface area contributed by atoms with E-state index in [1.165, 1.54) is 12.1 Å². The summed E-state index contributed by atoms with van der Waals surface area (Å²) in [5.41, 5.74) is 3.30. The molecule has 4 rings (SSSR count). The standard InChI is InChI=1S/C20H15BrFN5O/c21-15-10-23-27(12-15)11-13-2-1-3-17(8-13)24-20(28)19-9-18(25-26-19)14-4-6-16(22)7-5-14/h1-10,12H,11H2,(H,24,28)(H,25,26). The number of rotatable bonds is 5. The van der Waals surface area contributed by atoms with Crippen molar-refractivity contribution in [1.82, 2.24) is 20.0 Å². The van der Waals surface area contributed by atoms with E-state index >= 15 is 0 Å². The second-order valence-corrected chi connectivity index (χ2v) is 7.10. The Morgan fingerprint density at radius 3 is 2.75 bits per heavy atom. The maximum atomic E-state index is 13.0. The number of nitrogens with one attached hydrogen (secondary N) is 2. The van der Waals surface area contributed by atoms with Crippen LogP contribution in [-0.2, 0) is 6.54 Å². The van der Waals surface area contributed by atoms with Gasteiger partial charge in [0.2, 0.25) is 0 Å². The van der Waals surface area contributed by atoms with Gasteiger partial charge in [-0.3, -0.25) is 14.6 Å². The molecule has 0 spiro atoms. The van der Waals surface area contributed by atoms with E-state index in [4.69, 9.17) is 0 Å². The molecule has 0 bridgehead atoms. The largest absolute Gasteiger partial charge is 0.321 e. The molecule has 0 atom stereocenters. The number of hydrogen-bond donors (Lipinski definition) is 2. The number of benzene rings is 2. The monoisotopic (exact) mass is 439 g/mol. The van der Waals surface area contributed by atoms with Gasteiger partial charge in [0.05, 0.1) is 22.9 Å². The van der Waals surface area contributed by atoms with Gasteiger partial charge >= 0.3 is 0 Å². The number of carbonyl (C=O) groups excluding carboxylic acids is 1. The van der Waals surface area contributed by atoms with Crippen LogP contribution in [0.2, 0.25) is 0 Å². The van der Waals surface area contributed by atoms with Gasteiger partial charge in [0.1, 0.15) is 11.5 Å². The van der Waals surface area contributed by atoms with E-state index in [0.717, 1.165) is 15.6 Å². The SMILES string of the molecule is O=C(Nc1cccc(Cn2cc(Br)cn2)c1)c1cc(-c2ccc(F)cc2)n[nH]1. The highest BCUT2D eigenvalue weighted by atomic mass is 79.9. The van der Waals surface area contributed by atoms with Gasteiger partial charge in [0, 0.05) is 17.4 Å². The van der Waals surface area contributed by atoms with Crippen LogP contribution in [0.5, 0.6) is 0 Å². The van der Waals surface area contributed by atoms with Gasteiger partial charge in [-0.25, -0.2) is 4.39 Å². The van der Waals surface area contributed by atoms with Crippen molar-refractivity contribution < 1.29 is 9.18 Å². The number of aromatic nitrogens is 4. The fourth-order valence-corrected chi connectivity index (χ4v) is 3.09. The summed E-state index contributed by atoms with van der Waals surface area (Å²) in [6.07, 6.45) is 3.61. The van der Waals surface area contributed by atoms with Crippen LogP contribution in [0.3, 0.4) is 0 Å². The molecule has 2 heterocycles. The molecule has 0 saturated carbocycles. The average Bonchev–Trinajstić information content (AvgIpc) is 3.32. The topological polar surface area (TPSA) is 75.6 Å². The number of amides is 1. The molecule has 140 valence electrons. The van der Waals surface area contributed by atoms with Crippen molar-refractivity contribution in [3.05, 3.63) is 88.5 Å². The summed E-state index contributed by atoms with van der Waals surface area (Å²) in [4.78, 5) is 12.5. The summed E-state index contributed by atoms with van der Waals surface area (Å²) < 4.78 is 15.8. The third-order valence-electron chi connectivity index (χ3n) is 4.09. The van der Waals surface area contributed by atoms with Crippen molar-refractivity contribution in [1.29, 1.82) is 0 Å². The summed E-state index contributed by atoms with van der Waals surface area (Å²) in [6.45, 7) is 0.591. The average molecular weight is 440 g/mol. The molecule has 1 amide bonds. The summed E-state index contributed by atoms with van der Waals surface area (Å²) >= 11 is 3.37. The molecule has 0 radical (unpaired) electrons. The third-order valence-corrected chi connectivity index (χ3v) is 4.50. The zero-order valence-electron chi connectivity index (χ0n) is 14.6. The van der Waals surface area contributed by atoms with Gasteiger partial charge in [-0.05, 0) is 64.0 Å². The minimum absolute atomic E-state index is 0.306. The number of H-pyrrole nitrogens is 1. The Morgan fingerprint density at radius 1 is 1.18 bits per heavy atom. The van der Waals surface area contributed by atoms with Crippen LogP contribution in [0.1, 0.15) is 16.1 Å². The Morgan fingerprint density at radius 2 is 2.00 bits per heavy atom. The molecule has 0 aliphatic heterocycles. The lowest BCUT2D eigenvalue weighted by molar-refractivity contribution is 0.102. The lowest BCUT2D eigenvalue weighted by atomic mass is 10.1. The van der Waals surface area contributed by atoms with Crippen molar-refractivity contribution in [3.63, 3.8) is 0 Å². The van der Waals surface area contributed by atoms with Crippen molar-refractivity contribution >= 4 is 27.5 Å². The number of halogens is 2. The predicted molar refractivity (Wildman–Crippen MR) is 107 cm³/mol. The first-order valence-electron chi connectivity index (χ1n) is 8.46. The molecule has 0 fully saturated rings. The van der Waals surface area contributed by atoms with Crippen LogP contribution in [0.25, 0.3) is 11.3 Å². The van der Waals surface area contributed by atoms with Gasteiger partial charge < -0.3 is 5.32 Å². The molecular formula is C20H15BrFN5O. The van der Waals surface area contributed by atoms with Crippen LogP contribution in [0.4, 0.5) is 10.1 Å². The first-order valence-corrected chi connectivity index (χ1v) is 9.26. The maximum Gasteiger partial charge on any atom is 0.273 e. The van der Waals surface area contributed by atoms with Gasteiger partial charge in [0.25, 0.3) is 5.91 Å². The quantitative estimate of drug-likeness (QED) is 0.481. The highest BCUT2D eigenvalue weighted by Crippen LogP contribution is 2.19. The molecule has 0 unspecified atom stereocenters. The zero-order valence-corrected chi connectivity index (χ0v) is 16.1. The fraction of sp³-hybridized carbons (Fsp3) is 0.0500. The lowest BCUT2D eigenvalue weighted by Gasteiger charge is -2.07. The van der Waals surface area contributed by atoms with E-state index in [0.29, 0.717) is 23.6 Å². The van der Waals surface area contributed by atoms with Gasteiger partial charge in [-0.1, -0.05) is 12.1 Å². The molecule has 2 aromatic heterocycles. The van der Waals surface area contributed by atoms with E-state index in [9.17, 15) is 9.18 Å². The molecule has 28 heavy (non-hydrogen) atoms. The van der Waals surface area contributed by atoms with E-state index < -0.39 is 0 Å². The summed E-state index contributed by atoms with van der Waals surface area (Å²) in [7, 11) is 0. The number of hydrogen-bond acceptors (Lipinski definition) is 3. The van der Waals surface area contributed by atoms with Crippen LogP contribution >= 0.6 is 15.9 Å². The van der Waals surface area contributed by atoms with Gasteiger partial charge in [-0.15, -0.1) is 0 Å². The summed E-state index contributed by atoms with van der Waals surface area (Å²) in [6, 6.07) is 15.1. The van der Waals surface area contributed by atoms with Gasteiger partial charge in [0.15, 0.2) is 0 Å². The Bertz CT molecular complexity index is 1120. The molecule has 2 aromatic carbocycles. The van der Waals surface area contributed by atoms with E-state index in [2.05, 4.69) is 36.5 Å². The van der Waals surface area contributed by atoms with E-state index in [-0.39, 0.29) is 11.7 Å². The normalized spacial score (nSPS) is 10.8. The van der Waals surface area contributed by atoms with E-state index in [1.807, 2.05) is 30.5 Å². The van der Waals surface area contributed by atoms with Crippen LogP contribution in [0, 0.1) is 5.82 Å². The molecule has 6 nitrogen and oxygen atoms in total. The highest BCUT2D eigenvalue weighted by molar-refractivity contribution is 9.10. The molecule has 2 N–H and O–H groups in total. The first-order chi connectivity index (χ1) is 13.6. The molecule has 0 aliphatic carbocycles. The van der Waals surface area contributed by atoms with Crippen molar-refractivity contribution in [2.45, 2.75) is 6.54 Å². The van der Waals surface area contributed by atoms with Crippen LogP contribution < -0.4 is 5.32 Å². The second kappa shape index (κ2) is 7.77. The predicted octanol–water partition coefficient (Wildman–Crippen LogP) is 4.48. The summed E-state index contributed by atoms with van der Waals surface area (Å²) in [5.74, 6) is -0.626. The second-order valence-electron chi connectivity index (χ2n) is 6.18. The number of aromatic amines is 1. The smallest absolute Gasteiger partial charge is 0.273 e. The molecule has 4 aromatic rings. The third kappa shape index (κ3) is 4.17. The highest BCUT2D eigenvalue weighted by Gasteiger charge is 2.12. The Labute approximate surface area is 168 Å². The molecule has 0 saturated heterocycles. The number of anilines is 1. The van der Waals surface area contributed by atoms with E-state index in [1.54, 1.807) is 29.1 Å².